The minimum atomic E-state index is 0. The third kappa shape index (κ3) is 3.41. The molecule has 0 radical (unpaired) electrons. The van der Waals surface area contributed by atoms with E-state index in [-0.39, 0.29) is 12.4 Å². The molecular formula is C10H18ClN3S. The summed E-state index contributed by atoms with van der Waals surface area (Å²) in [4.78, 5) is 8.14. The lowest BCUT2D eigenvalue weighted by Crippen LogP contribution is -2.25. The van der Waals surface area contributed by atoms with Crippen molar-refractivity contribution in [3.8, 4) is 0 Å². The van der Waals surface area contributed by atoms with Gasteiger partial charge in [-0.05, 0) is 12.8 Å². The van der Waals surface area contributed by atoms with Crippen LogP contribution in [0.15, 0.2) is 6.20 Å². The molecule has 3 nitrogen and oxygen atoms in total. The van der Waals surface area contributed by atoms with Crippen molar-refractivity contribution in [2.45, 2.75) is 32.4 Å². The molecule has 0 aliphatic carbocycles. The van der Waals surface area contributed by atoms with Crippen molar-refractivity contribution >= 4 is 23.7 Å². The van der Waals surface area contributed by atoms with Gasteiger partial charge in [0.05, 0.1) is 5.01 Å². The number of hydrogen-bond donors (Lipinski definition) is 1. The van der Waals surface area contributed by atoms with Crippen LogP contribution in [0.25, 0.3) is 0 Å². The number of nitrogens with two attached hydrogens (primary N) is 1. The molecule has 2 heterocycles. The van der Waals surface area contributed by atoms with Crippen LogP contribution in [0.4, 0.5) is 0 Å². The highest BCUT2D eigenvalue weighted by Gasteiger charge is 2.19. The Morgan fingerprint density at radius 2 is 2.47 bits per heavy atom. The molecule has 1 aliphatic rings. The molecule has 0 aromatic carbocycles. The summed E-state index contributed by atoms with van der Waals surface area (Å²) in [5, 5.41) is 1.24. The van der Waals surface area contributed by atoms with Crippen LogP contribution >= 0.6 is 23.7 Å². The number of nitrogens with zero attached hydrogens (tertiary/aromatic N) is 2. The number of halogens is 1. The Labute approximate surface area is 101 Å². The van der Waals surface area contributed by atoms with Crippen LogP contribution < -0.4 is 5.73 Å². The normalized spacial score (nSPS) is 21.6. The summed E-state index contributed by atoms with van der Waals surface area (Å²) in [6, 6.07) is 0.383. The van der Waals surface area contributed by atoms with E-state index in [1.807, 2.05) is 17.5 Å². The largest absolute Gasteiger partial charge is 0.326 e. The zero-order valence-electron chi connectivity index (χ0n) is 8.98. The van der Waals surface area contributed by atoms with E-state index in [2.05, 4.69) is 16.8 Å². The number of thiazole rings is 1. The SMILES string of the molecule is CCc1ncc(CN2CCC(N)C2)s1.Cl. The minimum Gasteiger partial charge on any atom is -0.326 e. The molecule has 1 unspecified atom stereocenters. The summed E-state index contributed by atoms with van der Waals surface area (Å²) >= 11 is 1.83. The van der Waals surface area contributed by atoms with Gasteiger partial charge < -0.3 is 5.73 Å². The Morgan fingerprint density at radius 3 is 3.00 bits per heavy atom. The summed E-state index contributed by atoms with van der Waals surface area (Å²) in [6.45, 7) is 5.36. The lowest BCUT2D eigenvalue weighted by molar-refractivity contribution is 0.329. The molecule has 0 amide bonds. The fraction of sp³-hybridized carbons (Fsp3) is 0.700. The summed E-state index contributed by atoms with van der Waals surface area (Å²) in [5.41, 5.74) is 5.86. The molecule has 5 heteroatoms. The number of likely N-dealkylation sites (tertiary alicyclic amines) is 1. The van der Waals surface area contributed by atoms with Gasteiger partial charge in [0.1, 0.15) is 0 Å². The van der Waals surface area contributed by atoms with Gasteiger partial charge in [0, 0.05) is 36.8 Å². The fourth-order valence-electron chi connectivity index (χ4n) is 1.81. The second-order valence-electron chi connectivity index (χ2n) is 3.86. The summed E-state index contributed by atoms with van der Waals surface area (Å²) in [7, 11) is 0. The Morgan fingerprint density at radius 1 is 1.67 bits per heavy atom. The number of hydrogen-bond acceptors (Lipinski definition) is 4. The van der Waals surface area contributed by atoms with Crippen LogP contribution in [-0.4, -0.2) is 29.0 Å². The molecule has 15 heavy (non-hydrogen) atoms. The van der Waals surface area contributed by atoms with Crippen LogP contribution in [-0.2, 0) is 13.0 Å². The average molecular weight is 248 g/mol. The van der Waals surface area contributed by atoms with Crippen LogP contribution in [0.2, 0.25) is 0 Å². The molecule has 0 spiro atoms. The van der Waals surface area contributed by atoms with Crippen LogP contribution in [0.1, 0.15) is 23.2 Å². The van der Waals surface area contributed by atoms with Crippen molar-refractivity contribution < 1.29 is 0 Å². The Kier molecular flexibility index (Phi) is 4.99. The van der Waals surface area contributed by atoms with Gasteiger partial charge in [0.2, 0.25) is 0 Å². The maximum atomic E-state index is 5.86. The zero-order valence-corrected chi connectivity index (χ0v) is 10.6. The molecule has 86 valence electrons. The maximum absolute atomic E-state index is 5.86. The van der Waals surface area contributed by atoms with Crippen LogP contribution in [0.5, 0.6) is 0 Å². The van der Waals surface area contributed by atoms with Gasteiger partial charge in [-0.1, -0.05) is 6.92 Å². The Bertz CT molecular complexity index is 303. The third-order valence-corrected chi connectivity index (χ3v) is 3.72. The number of aromatic nitrogens is 1. The molecular weight excluding hydrogens is 230 g/mol. The predicted octanol–water partition coefficient (Wildman–Crippen LogP) is 1.66. The molecule has 0 saturated carbocycles. The van der Waals surface area contributed by atoms with Crippen molar-refractivity contribution in [1.29, 1.82) is 0 Å². The van der Waals surface area contributed by atoms with E-state index in [0.29, 0.717) is 6.04 Å². The first-order valence-corrected chi connectivity index (χ1v) is 6.01. The Balaban J connectivity index is 0.00000112. The molecule has 1 aromatic rings. The van der Waals surface area contributed by atoms with E-state index in [4.69, 9.17) is 5.73 Å². The van der Waals surface area contributed by atoms with E-state index in [0.717, 1.165) is 32.5 Å². The zero-order chi connectivity index (χ0) is 9.97. The first kappa shape index (κ1) is 12.9. The highest BCUT2D eigenvalue weighted by molar-refractivity contribution is 7.11. The van der Waals surface area contributed by atoms with E-state index in [1.165, 1.54) is 9.88 Å². The standard InChI is InChI=1S/C10H17N3S.ClH/c1-2-10-12-5-9(14-10)7-13-4-3-8(11)6-13;/h5,8H,2-4,6-7,11H2,1H3;1H. The second-order valence-corrected chi connectivity index (χ2v) is 5.06. The van der Waals surface area contributed by atoms with Gasteiger partial charge in [-0.3, -0.25) is 4.90 Å². The first-order chi connectivity index (χ1) is 6.78. The topological polar surface area (TPSA) is 42.2 Å². The van der Waals surface area contributed by atoms with Crippen molar-refractivity contribution in [2.75, 3.05) is 13.1 Å². The molecule has 0 bridgehead atoms. The van der Waals surface area contributed by atoms with Crippen molar-refractivity contribution in [1.82, 2.24) is 9.88 Å². The number of aryl methyl sites for hydroxylation is 1. The fourth-order valence-corrected chi connectivity index (χ4v) is 2.72. The highest BCUT2D eigenvalue weighted by Crippen LogP contribution is 2.18. The van der Waals surface area contributed by atoms with Gasteiger partial charge in [0.15, 0.2) is 0 Å². The quantitative estimate of drug-likeness (QED) is 0.884. The van der Waals surface area contributed by atoms with Gasteiger partial charge >= 0.3 is 0 Å². The Hall–Kier alpha value is -0.160. The second kappa shape index (κ2) is 5.80. The smallest absolute Gasteiger partial charge is 0.0925 e. The molecule has 1 atom stereocenters. The molecule has 1 fully saturated rings. The maximum Gasteiger partial charge on any atom is 0.0925 e. The molecule has 2 rings (SSSR count). The van der Waals surface area contributed by atoms with E-state index >= 15 is 0 Å². The summed E-state index contributed by atoms with van der Waals surface area (Å²) in [6.07, 6.45) is 4.19. The van der Waals surface area contributed by atoms with E-state index in [9.17, 15) is 0 Å². The highest BCUT2D eigenvalue weighted by atomic mass is 35.5. The van der Waals surface area contributed by atoms with Crippen LogP contribution in [0, 0.1) is 0 Å². The summed E-state index contributed by atoms with van der Waals surface area (Å²) in [5.74, 6) is 0. The van der Waals surface area contributed by atoms with Gasteiger partial charge in [-0.15, -0.1) is 23.7 Å². The molecule has 1 saturated heterocycles. The van der Waals surface area contributed by atoms with Crippen molar-refractivity contribution in [3.63, 3.8) is 0 Å². The van der Waals surface area contributed by atoms with E-state index < -0.39 is 0 Å². The van der Waals surface area contributed by atoms with Crippen LogP contribution in [0.3, 0.4) is 0 Å². The van der Waals surface area contributed by atoms with Gasteiger partial charge in [0.25, 0.3) is 0 Å². The van der Waals surface area contributed by atoms with Crippen molar-refractivity contribution in [3.05, 3.63) is 16.1 Å². The first-order valence-electron chi connectivity index (χ1n) is 5.19. The minimum absolute atomic E-state index is 0. The van der Waals surface area contributed by atoms with Gasteiger partial charge in [-0.2, -0.15) is 0 Å². The molecule has 1 aromatic heterocycles. The van der Waals surface area contributed by atoms with Gasteiger partial charge in [-0.25, -0.2) is 4.98 Å². The molecule has 1 aliphatic heterocycles. The monoisotopic (exact) mass is 247 g/mol. The lowest BCUT2D eigenvalue weighted by Gasteiger charge is -2.12. The molecule has 2 N–H and O–H groups in total. The number of rotatable bonds is 3. The summed E-state index contributed by atoms with van der Waals surface area (Å²) < 4.78 is 0. The average Bonchev–Trinajstić information content (AvgIpc) is 2.76. The lowest BCUT2D eigenvalue weighted by atomic mass is 10.3. The predicted molar refractivity (Wildman–Crippen MR) is 66.6 cm³/mol. The van der Waals surface area contributed by atoms with E-state index in [1.54, 1.807) is 0 Å². The third-order valence-electron chi connectivity index (χ3n) is 2.59. The van der Waals surface area contributed by atoms with Crippen molar-refractivity contribution in [2.24, 2.45) is 5.73 Å².